The van der Waals surface area contributed by atoms with E-state index in [9.17, 15) is 4.39 Å². The monoisotopic (exact) mass is 442 g/mol. The molecule has 0 atom stereocenters. The van der Waals surface area contributed by atoms with E-state index in [-0.39, 0.29) is 28.6 Å². The van der Waals surface area contributed by atoms with Gasteiger partial charge in [0, 0.05) is 11.1 Å². The number of rotatable bonds is 6. The third kappa shape index (κ3) is 3.84. The fraction of sp³-hybridized carbons (Fsp3) is 0.571. The normalized spacial score (nSPS) is 22.8. The highest BCUT2D eigenvalue weighted by Crippen LogP contribution is 2.54. The van der Waals surface area contributed by atoms with Crippen LogP contribution in [0.3, 0.4) is 0 Å². The molecule has 2 saturated carbocycles. The van der Waals surface area contributed by atoms with Crippen molar-refractivity contribution in [2.24, 2.45) is 11.8 Å². The van der Waals surface area contributed by atoms with Crippen LogP contribution in [0.2, 0.25) is 0 Å². The molecule has 0 saturated heterocycles. The van der Waals surface area contributed by atoms with Crippen LogP contribution in [-0.4, -0.2) is 6.61 Å². The second-order valence-corrected chi connectivity index (χ2v) is 10.1. The van der Waals surface area contributed by atoms with E-state index in [1.165, 1.54) is 32.1 Å². The van der Waals surface area contributed by atoms with Crippen molar-refractivity contribution in [3.63, 3.8) is 0 Å². The van der Waals surface area contributed by atoms with Crippen LogP contribution >= 0.6 is 0 Å². The van der Waals surface area contributed by atoms with Gasteiger partial charge in [0.15, 0.2) is 11.6 Å². The largest absolute Gasteiger partial charge is 0.490 e. The van der Waals surface area contributed by atoms with Gasteiger partial charge in [-0.2, -0.15) is 4.39 Å². The molecule has 3 aliphatic carbocycles. The zero-order valence-electron chi connectivity index (χ0n) is 19.0. The van der Waals surface area contributed by atoms with Crippen molar-refractivity contribution in [2.75, 3.05) is 6.61 Å². The van der Waals surface area contributed by atoms with Gasteiger partial charge in [0.1, 0.15) is 5.82 Å². The van der Waals surface area contributed by atoms with Gasteiger partial charge in [0.05, 0.1) is 6.61 Å². The maximum absolute atomic E-state index is 15.5. The first-order valence-corrected chi connectivity index (χ1v) is 12.6. The van der Waals surface area contributed by atoms with E-state index in [2.05, 4.69) is 6.92 Å². The third-order valence-electron chi connectivity index (χ3n) is 8.07. The van der Waals surface area contributed by atoms with Gasteiger partial charge in [-0.25, -0.2) is 8.78 Å². The van der Waals surface area contributed by atoms with Crippen LogP contribution in [0.5, 0.6) is 5.75 Å². The number of fused-ring (bicyclic) bond motifs is 4. The van der Waals surface area contributed by atoms with Gasteiger partial charge in [0.2, 0.25) is 5.82 Å². The first kappa shape index (κ1) is 21.9. The average molecular weight is 443 g/mol. The van der Waals surface area contributed by atoms with Crippen LogP contribution in [0.1, 0.15) is 89.0 Å². The zero-order valence-corrected chi connectivity index (χ0v) is 19.0. The second-order valence-electron chi connectivity index (χ2n) is 10.1. The molecule has 2 fully saturated rings. The van der Waals surface area contributed by atoms with Crippen molar-refractivity contribution in [1.82, 2.24) is 0 Å². The molecule has 32 heavy (non-hydrogen) atoms. The zero-order chi connectivity index (χ0) is 22.2. The molecular formula is C28H33F3O. The summed E-state index contributed by atoms with van der Waals surface area (Å²) in [7, 11) is 0. The maximum atomic E-state index is 15.5. The lowest BCUT2D eigenvalue weighted by atomic mass is 9.73. The molecule has 172 valence electrons. The Morgan fingerprint density at radius 2 is 1.50 bits per heavy atom. The molecule has 1 nitrogen and oxygen atoms in total. The first-order chi connectivity index (χ1) is 15.6. The Labute approximate surface area is 189 Å². The predicted molar refractivity (Wildman–Crippen MR) is 122 cm³/mol. The third-order valence-corrected chi connectivity index (χ3v) is 8.07. The van der Waals surface area contributed by atoms with Crippen LogP contribution in [0.4, 0.5) is 13.2 Å². The Balaban J connectivity index is 1.36. The molecule has 2 aromatic carbocycles. The number of ether oxygens (including phenoxy) is 1. The summed E-state index contributed by atoms with van der Waals surface area (Å²) in [5.41, 5.74) is 2.24. The summed E-state index contributed by atoms with van der Waals surface area (Å²) in [6, 6.07) is 5.32. The molecule has 0 unspecified atom stereocenters. The SMILES string of the molecule is CCCC1CCC(c2ccc3c(c2F)-c2c-3cc(OCC3CCCCC3)c(F)c2F)CC1. The quantitative estimate of drug-likeness (QED) is 0.371. The van der Waals surface area contributed by atoms with Gasteiger partial charge in [-0.15, -0.1) is 0 Å². The van der Waals surface area contributed by atoms with Gasteiger partial charge in [-0.1, -0.05) is 51.2 Å². The van der Waals surface area contributed by atoms with Gasteiger partial charge in [-0.05, 0) is 79.0 Å². The highest BCUT2D eigenvalue weighted by atomic mass is 19.2. The van der Waals surface area contributed by atoms with Gasteiger partial charge in [0.25, 0.3) is 0 Å². The van der Waals surface area contributed by atoms with Crippen LogP contribution in [0.25, 0.3) is 22.3 Å². The molecule has 0 heterocycles. The molecule has 3 aliphatic rings. The number of benzene rings is 2. The number of halogens is 3. The Hall–Kier alpha value is -1.97. The minimum Gasteiger partial charge on any atom is -0.490 e. The molecule has 0 aromatic heterocycles. The predicted octanol–water partition coefficient (Wildman–Crippen LogP) is 8.78. The topological polar surface area (TPSA) is 9.23 Å². The van der Waals surface area contributed by atoms with Gasteiger partial charge in [-0.3, -0.25) is 0 Å². The van der Waals surface area contributed by atoms with Crippen molar-refractivity contribution in [3.05, 3.63) is 41.2 Å². The Kier molecular flexibility index (Phi) is 6.22. The molecule has 0 aliphatic heterocycles. The Bertz CT molecular complexity index is 985. The summed E-state index contributed by atoms with van der Waals surface area (Å²) in [6.45, 7) is 2.62. The van der Waals surface area contributed by atoms with E-state index < -0.39 is 11.6 Å². The number of hydrogen-bond donors (Lipinski definition) is 0. The first-order valence-electron chi connectivity index (χ1n) is 12.6. The summed E-state index contributed by atoms with van der Waals surface area (Å²) in [4.78, 5) is 0. The van der Waals surface area contributed by atoms with Crippen LogP contribution in [0, 0.1) is 29.3 Å². The van der Waals surface area contributed by atoms with Gasteiger partial charge < -0.3 is 4.74 Å². The lowest BCUT2D eigenvalue weighted by Gasteiger charge is -2.32. The summed E-state index contributed by atoms with van der Waals surface area (Å²) in [5, 5.41) is 0. The van der Waals surface area contributed by atoms with Crippen LogP contribution < -0.4 is 4.74 Å². The summed E-state index contributed by atoms with van der Waals surface area (Å²) in [5.74, 6) is -1.06. The standard InChI is InChI=1S/C28H33F3O/c1-2-6-17-9-11-19(12-10-17)20-13-14-21-22-15-23(32-16-18-7-4-3-5-8-18)27(30)28(31)25(22)24(21)26(20)29/h13-15,17-19H,2-12,16H2,1H3. The fourth-order valence-electron chi connectivity index (χ4n) is 6.21. The minimum atomic E-state index is -0.991. The van der Waals surface area contributed by atoms with E-state index in [1.807, 2.05) is 12.1 Å². The van der Waals surface area contributed by atoms with Gasteiger partial charge >= 0.3 is 0 Å². The summed E-state index contributed by atoms with van der Waals surface area (Å²) in [6.07, 6.45) is 12.3. The minimum absolute atomic E-state index is 0.0452. The van der Waals surface area contributed by atoms with E-state index in [0.29, 0.717) is 29.2 Å². The molecule has 0 radical (unpaired) electrons. The van der Waals surface area contributed by atoms with Crippen LogP contribution in [-0.2, 0) is 0 Å². The molecule has 4 heteroatoms. The maximum Gasteiger partial charge on any atom is 0.201 e. The molecule has 0 N–H and O–H groups in total. The van der Waals surface area contributed by atoms with Crippen molar-refractivity contribution in [2.45, 2.75) is 83.5 Å². The van der Waals surface area contributed by atoms with Crippen molar-refractivity contribution >= 4 is 0 Å². The fourth-order valence-corrected chi connectivity index (χ4v) is 6.21. The van der Waals surface area contributed by atoms with Crippen molar-refractivity contribution in [3.8, 4) is 28.0 Å². The van der Waals surface area contributed by atoms with E-state index in [1.54, 1.807) is 6.07 Å². The highest BCUT2D eigenvalue weighted by Gasteiger charge is 2.36. The summed E-state index contributed by atoms with van der Waals surface area (Å²) < 4.78 is 51.0. The second kappa shape index (κ2) is 9.11. The molecule has 5 rings (SSSR count). The van der Waals surface area contributed by atoms with E-state index >= 15 is 8.78 Å². The molecular weight excluding hydrogens is 409 g/mol. The lowest BCUT2D eigenvalue weighted by Crippen LogP contribution is -2.17. The van der Waals surface area contributed by atoms with Crippen molar-refractivity contribution in [1.29, 1.82) is 0 Å². The lowest BCUT2D eigenvalue weighted by molar-refractivity contribution is 0.201. The van der Waals surface area contributed by atoms with Crippen molar-refractivity contribution < 1.29 is 17.9 Å². The Morgan fingerprint density at radius 3 is 2.22 bits per heavy atom. The molecule has 0 spiro atoms. The average Bonchev–Trinajstić information content (AvgIpc) is 2.80. The molecule has 0 amide bonds. The van der Waals surface area contributed by atoms with E-state index in [0.717, 1.165) is 44.4 Å². The highest BCUT2D eigenvalue weighted by molar-refractivity contribution is 6.03. The number of hydrogen-bond acceptors (Lipinski definition) is 1. The Morgan fingerprint density at radius 1 is 0.781 bits per heavy atom. The smallest absolute Gasteiger partial charge is 0.201 e. The molecule has 0 bridgehead atoms. The van der Waals surface area contributed by atoms with E-state index in [4.69, 9.17) is 4.74 Å². The summed E-state index contributed by atoms with van der Waals surface area (Å²) >= 11 is 0. The van der Waals surface area contributed by atoms with Crippen LogP contribution in [0.15, 0.2) is 18.2 Å². The molecule has 2 aromatic rings.